The van der Waals surface area contributed by atoms with Crippen molar-refractivity contribution in [2.75, 3.05) is 0 Å². The third-order valence-electron chi connectivity index (χ3n) is 1.87. The Labute approximate surface area is 127 Å². The van der Waals surface area contributed by atoms with Crippen LogP contribution >= 0.6 is 0 Å². The summed E-state index contributed by atoms with van der Waals surface area (Å²) in [4.78, 5) is 3.68. The molecule has 0 spiro atoms. The molecule has 0 aliphatic carbocycles. The fourth-order valence-electron chi connectivity index (χ4n) is 1.21. The van der Waals surface area contributed by atoms with E-state index in [0.29, 0.717) is 5.52 Å². The standard InChI is InChI=1S/C7H6BF3N3.K/c1-14-4-7-6(13-14)2-5(3-12-7)8(9,10)11;/h2-4H,1H3;/q-1;+1. The van der Waals surface area contributed by atoms with Crippen LogP contribution in [0.5, 0.6) is 0 Å². The van der Waals surface area contributed by atoms with Crippen LogP contribution in [0.3, 0.4) is 0 Å². The van der Waals surface area contributed by atoms with Crippen LogP contribution in [-0.4, -0.2) is 21.7 Å². The van der Waals surface area contributed by atoms with Crippen molar-refractivity contribution in [3.05, 3.63) is 18.5 Å². The first kappa shape index (κ1) is 13.2. The van der Waals surface area contributed by atoms with E-state index in [0.717, 1.165) is 12.3 Å². The van der Waals surface area contributed by atoms with Gasteiger partial charge in [0.15, 0.2) is 0 Å². The Morgan fingerprint density at radius 2 is 1.93 bits per heavy atom. The van der Waals surface area contributed by atoms with Crippen LogP contribution in [0.25, 0.3) is 11.0 Å². The maximum Gasteiger partial charge on any atom is 1.00 e. The van der Waals surface area contributed by atoms with Crippen LogP contribution in [-0.2, 0) is 7.05 Å². The Kier molecular flexibility index (Phi) is 3.99. The molecule has 15 heavy (non-hydrogen) atoms. The first-order valence-corrected chi connectivity index (χ1v) is 3.96. The Balaban J connectivity index is 0.00000112. The summed E-state index contributed by atoms with van der Waals surface area (Å²) in [5.41, 5.74) is 0.0247. The molecule has 0 N–H and O–H groups in total. The molecule has 0 aromatic carbocycles. The summed E-state index contributed by atoms with van der Waals surface area (Å²) < 4.78 is 38.4. The Bertz CT molecular complexity index is 482. The third-order valence-corrected chi connectivity index (χ3v) is 1.87. The zero-order valence-corrected chi connectivity index (χ0v) is 11.4. The van der Waals surface area contributed by atoms with E-state index in [4.69, 9.17) is 0 Å². The van der Waals surface area contributed by atoms with Crippen molar-refractivity contribution in [1.82, 2.24) is 14.8 Å². The average molecular weight is 239 g/mol. The molecule has 74 valence electrons. The van der Waals surface area contributed by atoms with Gasteiger partial charge in [0.25, 0.3) is 0 Å². The van der Waals surface area contributed by atoms with E-state index in [2.05, 4.69) is 10.1 Å². The van der Waals surface area contributed by atoms with Gasteiger partial charge in [-0.25, -0.2) is 0 Å². The second kappa shape index (κ2) is 4.54. The Morgan fingerprint density at radius 1 is 1.27 bits per heavy atom. The van der Waals surface area contributed by atoms with Gasteiger partial charge in [0.1, 0.15) is 11.0 Å². The van der Waals surface area contributed by atoms with Crippen molar-refractivity contribution in [3.8, 4) is 0 Å². The van der Waals surface area contributed by atoms with Crippen molar-refractivity contribution in [2.24, 2.45) is 7.05 Å². The van der Waals surface area contributed by atoms with Crippen molar-refractivity contribution in [2.45, 2.75) is 0 Å². The second-order valence-corrected chi connectivity index (χ2v) is 3.05. The van der Waals surface area contributed by atoms with Gasteiger partial charge in [-0.3, -0.25) is 9.67 Å². The van der Waals surface area contributed by atoms with Gasteiger partial charge >= 0.3 is 58.4 Å². The molecule has 0 aliphatic heterocycles. The van der Waals surface area contributed by atoms with Crippen molar-refractivity contribution in [3.63, 3.8) is 0 Å². The first-order chi connectivity index (χ1) is 6.47. The molecule has 0 radical (unpaired) electrons. The molecule has 8 heteroatoms. The maximum absolute atomic E-state index is 12.3. The Hall–Kier alpha value is 0.111. The van der Waals surface area contributed by atoms with Crippen LogP contribution in [0.15, 0.2) is 18.5 Å². The van der Waals surface area contributed by atoms with Crippen LogP contribution in [0.1, 0.15) is 0 Å². The zero-order valence-electron chi connectivity index (χ0n) is 8.28. The predicted molar refractivity (Wildman–Crippen MR) is 47.2 cm³/mol. The van der Waals surface area contributed by atoms with E-state index in [1.165, 1.54) is 4.68 Å². The molecule has 0 saturated carbocycles. The van der Waals surface area contributed by atoms with Gasteiger partial charge in [0.05, 0.1) is 6.20 Å². The minimum Gasteiger partial charge on any atom is -0.445 e. The van der Waals surface area contributed by atoms with Gasteiger partial charge < -0.3 is 12.9 Å². The molecule has 2 heterocycles. The van der Waals surface area contributed by atoms with Gasteiger partial charge in [-0.2, -0.15) is 5.10 Å². The molecule has 0 unspecified atom stereocenters. The van der Waals surface area contributed by atoms with E-state index in [9.17, 15) is 12.9 Å². The van der Waals surface area contributed by atoms with Crippen molar-refractivity contribution < 1.29 is 64.3 Å². The minimum atomic E-state index is -4.99. The van der Waals surface area contributed by atoms with Gasteiger partial charge in [0.2, 0.25) is 0 Å². The van der Waals surface area contributed by atoms with E-state index in [1.54, 1.807) is 13.2 Å². The predicted octanol–water partition coefficient (Wildman–Crippen LogP) is -1.97. The van der Waals surface area contributed by atoms with Gasteiger partial charge in [-0.05, 0) is 0 Å². The number of halogens is 3. The summed E-state index contributed by atoms with van der Waals surface area (Å²) in [6, 6.07) is 1.02. The Morgan fingerprint density at radius 3 is 2.53 bits per heavy atom. The molecule has 0 atom stereocenters. The number of pyridine rings is 1. The normalized spacial score (nSPS) is 11.5. The van der Waals surface area contributed by atoms with Gasteiger partial charge in [-0.1, -0.05) is 11.5 Å². The summed E-state index contributed by atoms with van der Waals surface area (Å²) in [5, 5.41) is 3.85. The van der Waals surface area contributed by atoms with Crippen LogP contribution in [0.2, 0.25) is 0 Å². The number of aromatic nitrogens is 3. The van der Waals surface area contributed by atoms with Gasteiger partial charge in [-0.15, -0.1) is 0 Å². The minimum absolute atomic E-state index is 0. The number of hydrogen-bond donors (Lipinski definition) is 0. The molecule has 0 amide bonds. The molecule has 0 fully saturated rings. The third kappa shape index (κ3) is 2.82. The number of rotatable bonds is 1. The largest absolute Gasteiger partial charge is 1.00 e. The summed E-state index contributed by atoms with van der Waals surface area (Å²) in [5.74, 6) is 0. The van der Waals surface area contributed by atoms with Crippen LogP contribution in [0.4, 0.5) is 12.9 Å². The number of hydrogen-bond acceptors (Lipinski definition) is 2. The summed E-state index contributed by atoms with van der Waals surface area (Å²) in [6.07, 6.45) is 2.41. The summed E-state index contributed by atoms with van der Waals surface area (Å²) in [6.45, 7) is -4.99. The van der Waals surface area contributed by atoms with Crippen molar-refractivity contribution >= 4 is 23.5 Å². The molecule has 0 saturated heterocycles. The number of nitrogens with zero attached hydrogens (tertiary/aromatic N) is 3. The van der Waals surface area contributed by atoms with Gasteiger partial charge in [0, 0.05) is 13.2 Å². The fraction of sp³-hybridized carbons (Fsp3) is 0.143. The molecule has 2 aromatic rings. The number of fused-ring (bicyclic) bond motifs is 1. The zero-order chi connectivity index (χ0) is 10.3. The fourth-order valence-corrected chi connectivity index (χ4v) is 1.21. The maximum atomic E-state index is 12.3. The molecule has 0 aliphatic rings. The summed E-state index contributed by atoms with van der Waals surface area (Å²) in [7, 11) is 1.64. The topological polar surface area (TPSA) is 30.7 Å². The van der Waals surface area contributed by atoms with Crippen LogP contribution in [0, 0.1) is 0 Å². The molecule has 0 bridgehead atoms. The molecular weight excluding hydrogens is 233 g/mol. The quantitative estimate of drug-likeness (QED) is 0.540. The molecule has 2 rings (SSSR count). The van der Waals surface area contributed by atoms with E-state index in [1.807, 2.05) is 0 Å². The summed E-state index contributed by atoms with van der Waals surface area (Å²) >= 11 is 0. The number of aryl methyl sites for hydroxylation is 1. The first-order valence-electron chi connectivity index (χ1n) is 3.96. The SMILES string of the molecule is Cn1cc2ncc([B-](F)(F)F)cc2n1.[K+]. The molecule has 3 nitrogen and oxygen atoms in total. The monoisotopic (exact) mass is 239 g/mol. The average Bonchev–Trinajstić information content (AvgIpc) is 2.41. The van der Waals surface area contributed by atoms with E-state index >= 15 is 0 Å². The molecular formula is C7H6BF3KN3. The second-order valence-electron chi connectivity index (χ2n) is 3.05. The molecule has 2 aromatic heterocycles. The van der Waals surface area contributed by atoms with E-state index < -0.39 is 12.4 Å². The van der Waals surface area contributed by atoms with Crippen molar-refractivity contribution in [1.29, 1.82) is 0 Å². The van der Waals surface area contributed by atoms with Crippen LogP contribution < -0.4 is 56.8 Å². The van der Waals surface area contributed by atoms with E-state index in [-0.39, 0.29) is 56.9 Å². The smallest absolute Gasteiger partial charge is 0.445 e.